The molecule has 13 heteroatoms. The van der Waals surface area contributed by atoms with Crippen molar-refractivity contribution in [1.29, 1.82) is 10.8 Å². The maximum absolute atomic E-state index is 7.05. The maximum atomic E-state index is 7.05. The topological polar surface area (TPSA) is 136 Å². The van der Waals surface area contributed by atoms with E-state index in [9.17, 15) is 0 Å². The predicted octanol–water partition coefficient (Wildman–Crippen LogP) is 7.83. The van der Waals surface area contributed by atoms with E-state index in [1.165, 1.54) is 64.2 Å². The van der Waals surface area contributed by atoms with Gasteiger partial charge in [-0.15, -0.1) is 0 Å². The van der Waals surface area contributed by atoms with Crippen molar-refractivity contribution in [2.45, 2.75) is 77.0 Å². The minimum absolute atomic E-state index is 0.0769. The Hall–Kier alpha value is -0.540. The average molecular weight is 640 g/mol. The number of halogens is 6. The minimum atomic E-state index is 0.0769. The van der Waals surface area contributed by atoms with Gasteiger partial charge in [0.2, 0.25) is 0 Å². The lowest BCUT2D eigenvalue weighted by molar-refractivity contribution is 0.537. The second-order valence-electron chi connectivity index (χ2n) is 8.56. The van der Waals surface area contributed by atoms with Crippen LogP contribution in [0.15, 0.2) is 0 Å². The number of rotatable bonds is 18. The Bertz CT molecular complexity index is 660. The van der Waals surface area contributed by atoms with Gasteiger partial charge in [-0.05, 0) is 38.8 Å². The number of hydrogen-bond acceptors (Lipinski definition) is 3. The van der Waals surface area contributed by atoms with Gasteiger partial charge >= 0.3 is 0 Å². The largest absolute Gasteiger partial charge is 0.370 e. The van der Waals surface area contributed by atoms with Crippen LogP contribution >= 0.6 is 69.6 Å². The highest BCUT2D eigenvalue weighted by Crippen LogP contribution is 2.46. The lowest BCUT2D eigenvalue weighted by Crippen LogP contribution is -2.30. The summed E-state index contributed by atoms with van der Waals surface area (Å²) in [5.74, 6) is 0.154. The maximum Gasteiger partial charge on any atom is 0.185 e. The van der Waals surface area contributed by atoms with E-state index in [0.717, 1.165) is 39.0 Å². The number of hydrogen-bond donors (Lipinski definition) is 7. The Morgan fingerprint density at radius 3 is 0.892 bits per heavy atom. The van der Waals surface area contributed by atoms with Gasteiger partial charge in [-0.1, -0.05) is 121 Å². The van der Waals surface area contributed by atoms with Gasteiger partial charge in [0.1, 0.15) is 0 Å². The molecular formula is C24H41Cl6N7. The minimum Gasteiger partial charge on any atom is -0.370 e. The highest BCUT2D eigenvalue weighted by molar-refractivity contribution is 6.59. The molecule has 1 rings (SSSR count). The number of nitrogens with one attached hydrogen (secondary N) is 5. The monoisotopic (exact) mass is 637 g/mol. The summed E-state index contributed by atoms with van der Waals surface area (Å²) in [5, 5.41) is 24.0. The third kappa shape index (κ3) is 19.2. The molecule has 0 aliphatic rings. The van der Waals surface area contributed by atoms with Crippen molar-refractivity contribution in [3.8, 4) is 0 Å². The van der Waals surface area contributed by atoms with Crippen molar-refractivity contribution in [3.05, 3.63) is 30.1 Å². The first kappa shape index (κ1) is 36.5. The third-order valence-electron chi connectivity index (χ3n) is 5.35. The van der Waals surface area contributed by atoms with Gasteiger partial charge in [0.25, 0.3) is 0 Å². The molecule has 37 heavy (non-hydrogen) atoms. The average Bonchev–Trinajstić information content (AvgIpc) is 2.86. The molecule has 0 spiro atoms. The van der Waals surface area contributed by atoms with E-state index < -0.39 is 0 Å². The molecule has 0 saturated carbocycles. The van der Waals surface area contributed by atoms with E-state index in [1.54, 1.807) is 0 Å². The fraction of sp³-hybridized carbons (Fsp3) is 0.667. The molecule has 7 nitrogen and oxygen atoms in total. The van der Waals surface area contributed by atoms with Crippen LogP contribution in [0.2, 0.25) is 30.1 Å². The van der Waals surface area contributed by atoms with Crippen LogP contribution in [0.5, 0.6) is 0 Å². The van der Waals surface area contributed by atoms with Gasteiger partial charge in [0.05, 0.1) is 30.1 Å². The molecule has 0 aliphatic heterocycles. The molecule has 0 atom stereocenters. The van der Waals surface area contributed by atoms with E-state index in [-0.39, 0.29) is 42.1 Å². The Balaban J connectivity index is 0.000000893. The van der Waals surface area contributed by atoms with Crippen molar-refractivity contribution >= 4 is 81.5 Å². The van der Waals surface area contributed by atoms with Crippen molar-refractivity contribution in [1.82, 2.24) is 16.0 Å². The highest BCUT2D eigenvalue weighted by Gasteiger charge is 2.17. The van der Waals surface area contributed by atoms with E-state index in [4.69, 9.17) is 91.9 Å². The molecule has 214 valence electrons. The lowest BCUT2D eigenvalue weighted by atomic mass is 10.1. The fourth-order valence-electron chi connectivity index (χ4n) is 3.31. The summed E-state index contributed by atoms with van der Waals surface area (Å²) in [5.41, 5.74) is 10.5. The fourth-order valence-corrected chi connectivity index (χ4v) is 4.74. The van der Waals surface area contributed by atoms with Crippen LogP contribution in [0, 0.1) is 10.8 Å². The second-order valence-corrected chi connectivity index (χ2v) is 10.8. The standard InChI is InChI=1S/C18H41N7.C6Cl6/c19-17(20)24-15-11-7-3-1-5-9-13-23-14-10-6-2-4-8-12-16-25-18(21)22;7-1-2(8)4(10)6(12)5(11)3(1)9/h23H,1-16H2,(H4,19,20,24)(H4,21,22,25);. The summed E-state index contributed by atoms with van der Waals surface area (Å²) >= 11 is 34.0. The van der Waals surface area contributed by atoms with Crippen molar-refractivity contribution in [2.75, 3.05) is 26.2 Å². The molecule has 0 radical (unpaired) electrons. The molecule has 0 aliphatic carbocycles. The smallest absolute Gasteiger partial charge is 0.185 e. The molecule has 0 amide bonds. The van der Waals surface area contributed by atoms with E-state index in [1.807, 2.05) is 0 Å². The molecule has 0 aromatic heterocycles. The number of guanidine groups is 2. The summed E-state index contributed by atoms with van der Waals surface area (Å²) in [6.45, 7) is 3.93. The van der Waals surface area contributed by atoms with Crippen LogP contribution in [-0.4, -0.2) is 38.1 Å². The normalized spacial score (nSPS) is 10.5. The molecule has 0 unspecified atom stereocenters. The molecule has 0 bridgehead atoms. The van der Waals surface area contributed by atoms with Crippen LogP contribution < -0.4 is 27.4 Å². The number of unbranched alkanes of at least 4 members (excludes halogenated alkanes) is 10. The predicted molar refractivity (Wildman–Crippen MR) is 165 cm³/mol. The molecule has 1 aromatic rings. The van der Waals surface area contributed by atoms with Crippen LogP contribution in [-0.2, 0) is 0 Å². The Morgan fingerprint density at radius 2 is 0.649 bits per heavy atom. The zero-order chi connectivity index (χ0) is 28.1. The van der Waals surface area contributed by atoms with E-state index >= 15 is 0 Å². The summed E-state index contributed by atoms with van der Waals surface area (Å²) in [6.07, 6.45) is 15.0. The van der Waals surface area contributed by atoms with E-state index in [0.29, 0.717) is 0 Å². The Labute approximate surface area is 252 Å². The number of benzene rings is 1. The molecule has 0 fully saturated rings. The van der Waals surface area contributed by atoms with Crippen LogP contribution in [0.25, 0.3) is 0 Å². The van der Waals surface area contributed by atoms with Gasteiger partial charge in [0.15, 0.2) is 11.9 Å². The van der Waals surface area contributed by atoms with Crippen LogP contribution in [0.1, 0.15) is 77.0 Å². The van der Waals surface area contributed by atoms with Gasteiger partial charge in [0, 0.05) is 13.1 Å². The van der Waals surface area contributed by atoms with Gasteiger partial charge in [-0.3, -0.25) is 10.8 Å². The first-order valence-electron chi connectivity index (χ1n) is 12.6. The summed E-state index contributed by atoms with van der Waals surface area (Å²) < 4.78 is 0. The van der Waals surface area contributed by atoms with Crippen molar-refractivity contribution < 1.29 is 0 Å². The van der Waals surface area contributed by atoms with Crippen molar-refractivity contribution in [2.24, 2.45) is 11.5 Å². The van der Waals surface area contributed by atoms with Gasteiger partial charge in [-0.25, -0.2) is 0 Å². The Kier molecular flexibility index (Phi) is 23.0. The zero-order valence-corrected chi connectivity index (χ0v) is 25.8. The SMILES string of the molecule is Clc1c(Cl)c(Cl)c(Cl)c(Cl)c1Cl.N=C(N)NCCCCCCCCNCCCCCCCCNC(=N)N. The summed E-state index contributed by atoms with van der Waals surface area (Å²) in [7, 11) is 0. The highest BCUT2D eigenvalue weighted by atomic mass is 35.5. The molecule has 9 N–H and O–H groups in total. The number of nitrogens with two attached hydrogens (primary N) is 2. The van der Waals surface area contributed by atoms with Crippen LogP contribution in [0.4, 0.5) is 0 Å². The molecular weight excluding hydrogens is 599 g/mol. The van der Waals surface area contributed by atoms with Gasteiger partial charge in [-0.2, -0.15) is 0 Å². The first-order valence-corrected chi connectivity index (χ1v) is 14.9. The summed E-state index contributed by atoms with van der Waals surface area (Å²) in [6, 6.07) is 0. The van der Waals surface area contributed by atoms with Gasteiger partial charge < -0.3 is 27.4 Å². The molecule has 0 saturated heterocycles. The van der Waals surface area contributed by atoms with Crippen molar-refractivity contribution in [3.63, 3.8) is 0 Å². The zero-order valence-electron chi connectivity index (χ0n) is 21.2. The first-order chi connectivity index (χ1) is 17.6. The quantitative estimate of drug-likeness (QED) is 0.0289. The molecule has 1 aromatic carbocycles. The Morgan fingerprint density at radius 1 is 0.432 bits per heavy atom. The summed E-state index contributed by atoms with van der Waals surface area (Å²) in [4.78, 5) is 0. The lowest BCUT2D eigenvalue weighted by Gasteiger charge is -2.06. The van der Waals surface area contributed by atoms with Crippen LogP contribution in [0.3, 0.4) is 0 Å². The molecule has 0 heterocycles. The van der Waals surface area contributed by atoms with E-state index in [2.05, 4.69) is 16.0 Å². The second kappa shape index (κ2) is 23.4. The third-order valence-corrected chi connectivity index (χ3v) is 8.20.